The Morgan fingerprint density at radius 1 is 1.54 bits per heavy atom. The summed E-state index contributed by atoms with van der Waals surface area (Å²) in [6.45, 7) is 6.21. The fourth-order valence-corrected chi connectivity index (χ4v) is 1.52. The zero-order valence-electron chi connectivity index (χ0n) is 7.31. The molecule has 0 spiro atoms. The fraction of sp³-hybridized carbons (Fsp3) is 0.200. The van der Waals surface area contributed by atoms with Crippen LogP contribution < -0.4 is 4.74 Å². The second kappa shape index (κ2) is 4.82. The lowest BCUT2D eigenvalue weighted by Crippen LogP contribution is -1.97. The quantitative estimate of drug-likeness (QED) is 0.819. The summed E-state index contributed by atoms with van der Waals surface area (Å²) in [5.41, 5.74) is 1.11. The number of halogens is 2. The van der Waals surface area contributed by atoms with E-state index in [0.717, 1.165) is 20.3 Å². The van der Waals surface area contributed by atoms with Crippen molar-refractivity contribution < 1.29 is 4.74 Å². The lowest BCUT2D eigenvalue weighted by molar-refractivity contribution is 0.358. The van der Waals surface area contributed by atoms with Crippen molar-refractivity contribution in [1.82, 2.24) is 0 Å². The van der Waals surface area contributed by atoms with Gasteiger partial charge >= 0.3 is 0 Å². The Bertz CT molecular complexity index is 321. The van der Waals surface area contributed by atoms with Crippen LogP contribution in [0, 0.1) is 6.92 Å². The molecular formula is C10H10Br2O. The van der Waals surface area contributed by atoms with E-state index in [2.05, 4.69) is 38.4 Å². The topological polar surface area (TPSA) is 9.23 Å². The zero-order chi connectivity index (χ0) is 9.84. The molecule has 13 heavy (non-hydrogen) atoms. The minimum absolute atomic E-state index is 0.502. The molecule has 0 heterocycles. The van der Waals surface area contributed by atoms with Crippen LogP contribution in [0.1, 0.15) is 5.56 Å². The van der Waals surface area contributed by atoms with Crippen molar-refractivity contribution in [2.45, 2.75) is 6.92 Å². The molecular weight excluding hydrogens is 296 g/mol. The molecule has 0 saturated carbocycles. The van der Waals surface area contributed by atoms with Gasteiger partial charge < -0.3 is 4.74 Å². The van der Waals surface area contributed by atoms with Crippen LogP contribution in [0.15, 0.2) is 33.7 Å². The Morgan fingerprint density at radius 3 is 2.77 bits per heavy atom. The van der Waals surface area contributed by atoms with Crippen LogP contribution in [0.2, 0.25) is 0 Å². The maximum absolute atomic E-state index is 5.49. The van der Waals surface area contributed by atoms with Gasteiger partial charge in [-0.3, -0.25) is 0 Å². The summed E-state index contributed by atoms with van der Waals surface area (Å²) in [6, 6.07) is 5.92. The molecule has 0 fully saturated rings. The molecule has 0 radical (unpaired) electrons. The highest BCUT2D eigenvalue weighted by Gasteiger charge is 1.99. The Balaban J connectivity index is 2.72. The third-order valence-corrected chi connectivity index (χ3v) is 2.24. The number of rotatable bonds is 3. The van der Waals surface area contributed by atoms with Crippen molar-refractivity contribution in [2.75, 3.05) is 6.61 Å². The lowest BCUT2D eigenvalue weighted by Gasteiger charge is -2.07. The third-order valence-electron chi connectivity index (χ3n) is 1.52. The largest absolute Gasteiger partial charge is 0.488 e. The molecule has 70 valence electrons. The van der Waals surface area contributed by atoms with Gasteiger partial charge in [-0.15, -0.1) is 0 Å². The van der Waals surface area contributed by atoms with E-state index in [4.69, 9.17) is 4.74 Å². The minimum atomic E-state index is 0.502. The molecule has 1 aromatic carbocycles. The summed E-state index contributed by atoms with van der Waals surface area (Å²) in [5, 5.41) is 0. The Labute approximate surface area is 95.1 Å². The van der Waals surface area contributed by atoms with E-state index in [0.29, 0.717) is 6.61 Å². The third kappa shape index (κ3) is 3.53. The van der Waals surface area contributed by atoms with Gasteiger partial charge in [-0.25, -0.2) is 0 Å². The van der Waals surface area contributed by atoms with Gasteiger partial charge in [0.25, 0.3) is 0 Å². The molecule has 1 nitrogen and oxygen atoms in total. The molecule has 0 aromatic heterocycles. The van der Waals surface area contributed by atoms with E-state index >= 15 is 0 Å². The molecule has 3 heteroatoms. The zero-order valence-corrected chi connectivity index (χ0v) is 10.5. The first kappa shape index (κ1) is 10.8. The van der Waals surface area contributed by atoms with E-state index in [1.807, 2.05) is 25.1 Å². The molecule has 0 unspecified atom stereocenters. The van der Waals surface area contributed by atoms with Crippen LogP contribution in [0.4, 0.5) is 0 Å². The SMILES string of the molecule is C=C(Br)COc1ccc(Br)cc1C. The molecule has 0 atom stereocenters. The average Bonchev–Trinajstić information content (AvgIpc) is 2.02. The summed E-state index contributed by atoms with van der Waals surface area (Å²) in [4.78, 5) is 0. The summed E-state index contributed by atoms with van der Waals surface area (Å²) < 4.78 is 7.39. The normalized spacial score (nSPS) is 9.77. The van der Waals surface area contributed by atoms with Crippen molar-refractivity contribution in [2.24, 2.45) is 0 Å². The van der Waals surface area contributed by atoms with Gasteiger partial charge in [-0.05, 0) is 30.7 Å². The van der Waals surface area contributed by atoms with Crippen molar-refractivity contribution in [3.63, 3.8) is 0 Å². The Kier molecular flexibility index (Phi) is 4.00. The highest BCUT2D eigenvalue weighted by molar-refractivity contribution is 9.11. The average molecular weight is 306 g/mol. The Hall–Kier alpha value is -0.280. The number of benzene rings is 1. The van der Waals surface area contributed by atoms with E-state index in [1.165, 1.54) is 0 Å². The van der Waals surface area contributed by atoms with Crippen LogP contribution in [-0.2, 0) is 0 Å². The first-order valence-corrected chi connectivity index (χ1v) is 5.40. The van der Waals surface area contributed by atoms with Gasteiger partial charge in [0, 0.05) is 8.96 Å². The van der Waals surface area contributed by atoms with Gasteiger partial charge in [0.2, 0.25) is 0 Å². The summed E-state index contributed by atoms with van der Waals surface area (Å²) >= 11 is 6.64. The number of hydrogen-bond acceptors (Lipinski definition) is 1. The number of aryl methyl sites for hydroxylation is 1. The second-order valence-electron chi connectivity index (χ2n) is 2.72. The minimum Gasteiger partial charge on any atom is -0.488 e. The first-order valence-electron chi connectivity index (χ1n) is 3.82. The highest BCUT2D eigenvalue weighted by atomic mass is 79.9. The first-order chi connectivity index (χ1) is 6.09. The maximum Gasteiger partial charge on any atom is 0.122 e. The van der Waals surface area contributed by atoms with Crippen LogP contribution in [0.3, 0.4) is 0 Å². The van der Waals surface area contributed by atoms with Crippen LogP contribution >= 0.6 is 31.9 Å². The van der Waals surface area contributed by atoms with E-state index < -0.39 is 0 Å². The highest BCUT2D eigenvalue weighted by Crippen LogP contribution is 2.22. The molecule has 0 aliphatic rings. The predicted octanol–water partition coefficient (Wildman–Crippen LogP) is 4.04. The Morgan fingerprint density at radius 2 is 2.23 bits per heavy atom. The molecule has 0 bridgehead atoms. The number of hydrogen-bond donors (Lipinski definition) is 0. The smallest absolute Gasteiger partial charge is 0.122 e. The second-order valence-corrected chi connectivity index (χ2v) is 4.75. The van der Waals surface area contributed by atoms with Crippen molar-refractivity contribution in [3.05, 3.63) is 39.3 Å². The van der Waals surface area contributed by atoms with Gasteiger partial charge in [0.1, 0.15) is 12.4 Å². The maximum atomic E-state index is 5.49. The molecule has 0 amide bonds. The van der Waals surface area contributed by atoms with Crippen LogP contribution in [0.5, 0.6) is 5.75 Å². The molecule has 0 saturated heterocycles. The molecule has 1 aromatic rings. The summed E-state index contributed by atoms with van der Waals surface area (Å²) in [6.07, 6.45) is 0. The van der Waals surface area contributed by atoms with Crippen molar-refractivity contribution in [1.29, 1.82) is 0 Å². The lowest BCUT2D eigenvalue weighted by atomic mass is 10.2. The summed E-state index contributed by atoms with van der Waals surface area (Å²) in [7, 11) is 0. The van der Waals surface area contributed by atoms with Crippen LogP contribution in [0.25, 0.3) is 0 Å². The molecule has 0 aliphatic heterocycles. The predicted molar refractivity (Wildman–Crippen MR) is 62.4 cm³/mol. The summed E-state index contributed by atoms with van der Waals surface area (Å²) in [5.74, 6) is 0.892. The molecule has 0 N–H and O–H groups in total. The monoisotopic (exact) mass is 304 g/mol. The van der Waals surface area contributed by atoms with Crippen molar-refractivity contribution >= 4 is 31.9 Å². The van der Waals surface area contributed by atoms with Gasteiger partial charge in [-0.1, -0.05) is 38.4 Å². The molecule has 1 rings (SSSR count). The van der Waals surface area contributed by atoms with Crippen molar-refractivity contribution in [3.8, 4) is 5.75 Å². The van der Waals surface area contributed by atoms with E-state index in [1.54, 1.807) is 0 Å². The van der Waals surface area contributed by atoms with Crippen LogP contribution in [-0.4, -0.2) is 6.61 Å². The van der Waals surface area contributed by atoms with E-state index in [9.17, 15) is 0 Å². The van der Waals surface area contributed by atoms with Gasteiger partial charge in [-0.2, -0.15) is 0 Å². The van der Waals surface area contributed by atoms with Gasteiger partial charge in [0.05, 0.1) is 0 Å². The fourth-order valence-electron chi connectivity index (χ4n) is 0.931. The standard InChI is InChI=1S/C10H10Br2O/c1-7-5-9(12)3-4-10(7)13-6-8(2)11/h3-5H,2,6H2,1H3. The molecule has 0 aliphatic carbocycles. The van der Waals surface area contributed by atoms with Gasteiger partial charge in [0.15, 0.2) is 0 Å². The van der Waals surface area contributed by atoms with E-state index in [-0.39, 0.29) is 0 Å². The number of ether oxygens (including phenoxy) is 1.